The number of hydrogen-bond acceptors (Lipinski definition) is 4. The summed E-state index contributed by atoms with van der Waals surface area (Å²) in [4.78, 5) is 6.53. The number of piperidine rings is 1. The van der Waals surface area contributed by atoms with E-state index in [9.17, 15) is 0 Å². The van der Waals surface area contributed by atoms with E-state index in [0.29, 0.717) is 6.04 Å². The van der Waals surface area contributed by atoms with Crippen LogP contribution in [0.5, 0.6) is 0 Å². The van der Waals surface area contributed by atoms with Gasteiger partial charge in [0.2, 0.25) is 0 Å². The van der Waals surface area contributed by atoms with Crippen molar-refractivity contribution in [1.29, 1.82) is 0 Å². The second-order valence-electron chi connectivity index (χ2n) is 4.77. The quantitative estimate of drug-likeness (QED) is 0.786. The van der Waals surface area contributed by atoms with Gasteiger partial charge in [-0.3, -0.25) is 5.10 Å². The van der Waals surface area contributed by atoms with Crippen LogP contribution in [0, 0.1) is 5.92 Å². The fourth-order valence-corrected chi connectivity index (χ4v) is 2.35. The summed E-state index contributed by atoms with van der Waals surface area (Å²) in [6.07, 6.45) is 4.19. The normalized spacial score (nSPS) is 24.5. The lowest BCUT2D eigenvalue weighted by Crippen LogP contribution is -2.42. The molecule has 0 aliphatic carbocycles. The highest BCUT2D eigenvalue weighted by Gasteiger charge is 2.22. The fourth-order valence-electron chi connectivity index (χ4n) is 2.35. The van der Waals surface area contributed by atoms with Gasteiger partial charge in [-0.25, -0.2) is 4.98 Å². The number of nitrogens with zero attached hydrogens (tertiary/aromatic N) is 3. The van der Waals surface area contributed by atoms with Crippen LogP contribution in [0.1, 0.15) is 25.6 Å². The molecule has 5 heteroatoms. The average molecular weight is 223 g/mol. The molecule has 1 aliphatic heterocycles. The van der Waals surface area contributed by atoms with E-state index in [0.717, 1.165) is 18.3 Å². The summed E-state index contributed by atoms with van der Waals surface area (Å²) < 4.78 is 0. The average Bonchev–Trinajstić information content (AvgIpc) is 2.78. The van der Waals surface area contributed by atoms with Gasteiger partial charge in [0.05, 0.1) is 6.54 Å². The Bertz CT molecular complexity index is 297. The number of likely N-dealkylation sites (tertiary alicyclic amines) is 1. The van der Waals surface area contributed by atoms with Crippen molar-refractivity contribution >= 4 is 0 Å². The molecule has 1 saturated heterocycles. The molecule has 1 aliphatic rings. The monoisotopic (exact) mass is 223 g/mol. The molecule has 0 saturated carbocycles. The molecule has 0 bridgehead atoms. The highest BCUT2D eigenvalue weighted by molar-refractivity contribution is 4.83. The summed E-state index contributed by atoms with van der Waals surface area (Å²) in [6, 6.07) is 0.535. The molecular formula is C11H21N5. The summed E-state index contributed by atoms with van der Waals surface area (Å²) in [5.74, 6) is 1.66. The maximum Gasteiger partial charge on any atom is 0.138 e. The number of rotatable bonds is 4. The third kappa shape index (κ3) is 3.02. The SMILES string of the molecule is CC(NCc1ncn[nH]1)C1CCCN(C)C1. The Morgan fingerprint density at radius 3 is 3.25 bits per heavy atom. The van der Waals surface area contributed by atoms with Crippen LogP contribution < -0.4 is 5.32 Å². The van der Waals surface area contributed by atoms with Crippen LogP contribution in [0.15, 0.2) is 6.33 Å². The van der Waals surface area contributed by atoms with E-state index in [4.69, 9.17) is 0 Å². The highest BCUT2D eigenvalue weighted by Crippen LogP contribution is 2.18. The molecule has 0 radical (unpaired) electrons. The minimum atomic E-state index is 0.535. The molecule has 90 valence electrons. The van der Waals surface area contributed by atoms with Gasteiger partial charge in [0, 0.05) is 12.6 Å². The van der Waals surface area contributed by atoms with E-state index in [1.165, 1.54) is 25.9 Å². The molecule has 1 aromatic rings. The van der Waals surface area contributed by atoms with Crippen molar-refractivity contribution in [2.45, 2.75) is 32.4 Å². The zero-order valence-corrected chi connectivity index (χ0v) is 10.1. The molecule has 1 aromatic heterocycles. The number of H-pyrrole nitrogens is 1. The molecular weight excluding hydrogens is 202 g/mol. The van der Waals surface area contributed by atoms with Crippen LogP contribution in [0.4, 0.5) is 0 Å². The van der Waals surface area contributed by atoms with Gasteiger partial charge in [0.15, 0.2) is 0 Å². The molecule has 1 fully saturated rings. The van der Waals surface area contributed by atoms with Crippen LogP contribution in [0.3, 0.4) is 0 Å². The lowest BCUT2D eigenvalue weighted by Gasteiger charge is -2.33. The minimum Gasteiger partial charge on any atom is -0.307 e. The molecule has 2 atom stereocenters. The van der Waals surface area contributed by atoms with Gasteiger partial charge in [-0.05, 0) is 39.3 Å². The second kappa shape index (κ2) is 5.41. The summed E-state index contributed by atoms with van der Waals surface area (Å²) in [5, 5.41) is 10.2. The number of hydrogen-bond donors (Lipinski definition) is 2. The zero-order chi connectivity index (χ0) is 11.4. The molecule has 2 N–H and O–H groups in total. The van der Waals surface area contributed by atoms with Crippen LogP contribution >= 0.6 is 0 Å². The lowest BCUT2D eigenvalue weighted by atomic mass is 9.92. The predicted octanol–water partition coefficient (Wildman–Crippen LogP) is 0.625. The standard InChI is InChI=1S/C11H21N5/c1-9(10-4-3-5-16(2)7-10)12-6-11-13-8-14-15-11/h8-10,12H,3-7H2,1-2H3,(H,13,14,15). The summed E-state index contributed by atoms with van der Waals surface area (Å²) in [7, 11) is 2.20. The maximum atomic E-state index is 4.11. The third-order valence-electron chi connectivity index (χ3n) is 3.42. The Morgan fingerprint density at radius 1 is 1.69 bits per heavy atom. The van der Waals surface area contributed by atoms with Crippen LogP contribution in [0.2, 0.25) is 0 Å². The summed E-state index contributed by atoms with van der Waals surface area (Å²) in [6.45, 7) is 5.48. The van der Waals surface area contributed by atoms with E-state index in [1.807, 2.05) is 0 Å². The van der Waals surface area contributed by atoms with Gasteiger partial charge >= 0.3 is 0 Å². The zero-order valence-electron chi connectivity index (χ0n) is 10.1. The van der Waals surface area contributed by atoms with Gasteiger partial charge in [-0.2, -0.15) is 5.10 Å². The number of aromatic nitrogens is 3. The van der Waals surface area contributed by atoms with Crippen molar-refractivity contribution in [2.75, 3.05) is 20.1 Å². The molecule has 16 heavy (non-hydrogen) atoms. The van der Waals surface area contributed by atoms with E-state index in [1.54, 1.807) is 6.33 Å². The number of nitrogens with one attached hydrogen (secondary N) is 2. The molecule has 2 heterocycles. The lowest BCUT2D eigenvalue weighted by molar-refractivity contribution is 0.178. The van der Waals surface area contributed by atoms with Crippen molar-refractivity contribution in [3.63, 3.8) is 0 Å². The third-order valence-corrected chi connectivity index (χ3v) is 3.42. The van der Waals surface area contributed by atoms with Crippen molar-refractivity contribution in [3.05, 3.63) is 12.2 Å². The van der Waals surface area contributed by atoms with Gasteiger partial charge < -0.3 is 10.2 Å². The van der Waals surface area contributed by atoms with Crippen molar-refractivity contribution in [1.82, 2.24) is 25.4 Å². The van der Waals surface area contributed by atoms with Crippen LogP contribution in [-0.2, 0) is 6.54 Å². The maximum absolute atomic E-state index is 4.11. The van der Waals surface area contributed by atoms with Gasteiger partial charge in [0.1, 0.15) is 12.2 Å². The Kier molecular flexibility index (Phi) is 3.90. The highest BCUT2D eigenvalue weighted by atomic mass is 15.2. The smallest absolute Gasteiger partial charge is 0.138 e. The Balaban J connectivity index is 1.76. The largest absolute Gasteiger partial charge is 0.307 e. The van der Waals surface area contributed by atoms with E-state index in [2.05, 4.69) is 39.4 Å². The van der Waals surface area contributed by atoms with Gasteiger partial charge in [-0.15, -0.1) is 0 Å². The van der Waals surface area contributed by atoms with E-state index in [-0.39, 0.29) is 0 Å². The molecule has 0 amide bonds. The Morgan fingerprint density at radius 2 is 2.56 bits per heavy atom. The fraction of sp³-hybridized carbons (Fsp3) is 0.818. The first-order valence-corrected chi connectivity index (χ1v) is 6.02. The first kappa shape index (κ1) is 11.5. The van der Waals surface area contributed by atoms with E-state index >= 15 is 0 Å². The summed E-state index contributed by atoms with van der Waals surface area (Å²) >= 11 is 0. The van der Waals surface area contributed by atoms with Gasteiger partial charge in [-0.1, -0.05) is 0 Å². The van der Waals surface area contributed by atoms with E-state index < -0.39 is 0 Å². The minimum absolute atomic E-state index is 0.535. The first-order valence-electron chi connectivity index (χ1n) is 6.02. The Hall–Kier alpha value is -0.940. The van der Waals surface area contributed by atoms with Crippen molar-refractivity contribution in [2.24, 2.45) is 5.92 Å². The van der Waals surface area contributed by atoms with Gasteiger partial charge in [0.25, 0.3) is 0 Å². The Labute approximate surface area is 96.6 Å². The topological polar surface area (TPSA) is 56.8 Å². The second-order valence-corrected chi connectivity index (χ2v) is 4.77. The number of aromatic amines is 1. The first-order chi connectivity index (χ1) is 7.75. The molecule has 5 nitrogen and oxygen atoms in total. The molecule has 0 aromatic carbocycles. The van der Waals surface area contributed by atoms with Crippen LogP contribution in [0.25, 0.3) is 0 Å². The molecule has 2 unspecified atom stereocenters. The van der Waals surface area contributed by atoms with Crippen molar-refractivity contribution in [3.8, 4) is 0 Å². The molecule has 0 spiro atoms. The van der Waals surface area contributed by atoms with Crippen LogP contribution in [-0.4, -0.2) is 46.3 Å². The summed E-state index contributed by atoms with van der Waals surface area (Å²) in [5.41, 5.74) is 0. The predicted molar refractivity (Wildman–Crippen MR) is 62.9 cm³/mol. The van der Waals surface area contributed by atoms with Crippen molar-refractivity contribution < 1.29 is 0 Å². The molecule has 2 rings (SSSR count).